The molecular formula is C18H25ClN4O2S. The number of amides is 3. The van der Waals surface area contributed by atoms with E-state index in [1.54, 1.807) is 24.3 Å². The lowest BCUT2D eigenvalue weighted by Crippen LogP contribution is -2.39. The highest BCUT2D eigenvalue weighted by atomic mass is 35.5. The molecule has 0 aliphatic heterocycles. The van der Waals surface area contributed by atoms with Crippen LogP contribution < -0.4 is 21.7 Å². The maximum Gasteiger partial charge on any atom is 0.324 e. The predicted octanol–water partition coefficient (Wildman–Crippen LogP) is 4.06. The smallest absolute Gasteiger partial charge is 0.324 e. The average Bonchev–Trinajstić information content (AvgIpc) is 3.07. The number of para-hydroxylation sites is 1. The Morgan fingerprint density at radius 1 is 1.12 bits per heavy atom. The molecule has 0 saturated carbocycles. The Hall–Kier alpha value is -2.09. The van der Waals surface area contributed by atoms with Crippen LogP contribution in [0.4, 0.5) is 15.5 Å². The van der Waals surface area contributed by atoms with Crippen LogP contribution in [0, 0.1) is 0 Å². The highest BCUT2D eigenvalue weighted by Crippen LogP contribution is 2.22. The largest absolute Gasteiger partial charge is 0.347 e. The Labute approximate surface area is 164 Å². The molecule has 1 aromatic carbocycles. The number of carbonyl (C=O) groups excluding carboxylic acids is 2. The van der Waals surface area contributed by atoms with Gasteiger partial charge in [0.15, 0.2) is 0 Å². The lowest BCUT2D eigenvalue weighted by atomic mass is 10.1. The van der Waals surface area contributed by atoms with Crippen LogP contribution in [0.5, 0.6) is 0 Å². The van der Waals surface area contributed by atoms with Gasteiger partial charge in [-0.1, -0.05) is 38.0 Å². The van der Waals surface area contributed by atoms with Crippen LogP contribution in [0.15, 0.2) is 42.5 Å². The van der Waals surface area contributed by atoms with Crippen molar-refractivity contribution < 1.29 is 9.59 Å². The van der Waals surface area contributed by atoms with Gasteiger partial charge in [0, 0.05) is 18.3 Å². The quantitative estimate of drug-likeness (QED) is 0.541. The number of anilines is 2. The first-order valence-corrected chi connectivity index (χ1v) is 9.17. The lowest BCUT2D eigenvalue weighted by Gasteiger charge is -2.15. The molecule has 1 aromatic heterocycles. The van der Waals surface area contributed by atoms with Crippen molar-refractivity contribution in [2.75, 3.05) is 17.2 Å². The summed E-state index contributed by atoms with van der Waals surface area (Å²) >= 11 is 1.23. The molecule has 142 valence electrons. The van der Waals surface area contributed by atoms with Gasteiger partial charge in [0.1, 0.15) is 0 Å². The van der Waals surface area contributed by atoms with E-state index in [0.29, 0.717) is 22.1 Å². The molecule has 1 atom stereocenters. The second-order valence-corrected chi connectivity index (χ2v) is 6.74. The summed E-state index contributed by atoms with van der Waals surface area (Å²) in [6, 6.07) is 12.2. The van der Waals surface area contributed by atoms with E-state index in [1.807, 2.05) is 18.2 Å². The summed E-state index contributed by atoms with van der Waals surface area (Å²) in [5.41, 5.74) is 6.41. The van der Waals surface area contributed by atoms with Gasteiger partial charge in [-0.15, -0.1) is 23.7 Å². The molecule has 0 saturated heterocycles. The number of nitrogens with two attached hydrogens (primary N) is 1. The topological polar surface area (TPSA) is 96.2 Å². The molecule has 1 heterocycles. The van der Waals surface area contributed by atoms with Gasteiger partial charge < -0.3 is 16.4 Å². The fourth-order valence-electron chi connectivity index (χ4n) is 2.28. The highest BCUT2D eigenvalue weighted by Gasteiger charge is 2.15. The molecule has 0 radical (unpaired) electrons. The van der Waals surface area contributed by atoms with Crippen LogP contribution in [0.1, 0.15) is 35.9 Å². The second-order valence-electron chi connectivity index (χ2n) is 5.66. The second kappa shape index (κ2) is 11.5. The minimum absolute atomic E-state index is 0. The Morgan fingerprint density at radius 2 is 1.85 bits per heavy atom. The Balaban J connectivity index is 0.00000338. The maximum absolute atomic E-state index is 12.3. The maximum atomic E-state index is 12.3. The zero-order valence-electron chi connectivity index (χ0n) is 14.7. The number of halogens is 1. The number of hydrogen-bond acceptors (Lipinski definition) is 4. The predicted molar refractivity (Wildman–Crippen MR) is 110 cm³/mol. The molecule has 0 bridgehead atoms. The van der Waals surface area contributed by atoms with Crippen molar-refractivity contribution in [3.8, 4) is 0 Å². The molecule has 0 aliphatic carbocycles. The van der Waals surface area contributed by atoms with Crippen LogP contribution >= 0.6 is 23.7 Å². The molecule has 3 amide bonds. The standard InChI is InChI=1S/C18H24N4O2S.ClH/c1-2-3-7-14(12-19)20-17(23)15-10-11-16(25-15)22-18(24)21-13-8-5-4-6-9-13;/h4-6,8-11,14H,2-3,7,12,19H2,1H3,(H,20,23)(H2,21,22,24);1H. The van der Waals surface area contributed by atoms with Crippen molar-refractivity contribution in [1.29, 1.82) is 0 Å². The fourth-order valence-corrected chi connectivity index (χ4v) is 3.08. The van der Waals surface area contributed by atoms with E-state index in [0.717, 1.165) is 19.3 Å². The molecule has 1 unspecified atom stereocenters. The summed E-state index contributed by atoms with van der Waals surface area (Å²) in [6.45, 7) is 2.52. The summed E-state index contributed by atoms with van der Waals surface area (Å²) in [5, 5.41) is 9.01. The molecule has 0 fully saturated rings. The van der Waals surface area contributed by atoms with E-state index in [9.17, 15) is 9.59 Å². The lowest BCUT2D eigenvalue weighted by molar-refractivity contribution is 0.0940. The molecule has 2 aromatic rings. The highest BCUT2D eigenvalue weighted by molar-refractivity contribution is 7.18. The fraction of sp³-hybridized carbons (Fsp3) is 0.333. The van der Waals surface area contributed by atoms with E-state index < -0.39 is 0 Å². The Kier molecular flexibility index (Phi) is 9.72. The van der Waals surface area contributed by atoms with E-state index in [2.05, 4.69) is 22.9 Å². The first kappa shape index (κ1) is 22.0. The van der Waals surface area contributed by atoms with Gasteiger partial charge in [-0.05, 0) is 30.7 Å². The number of carbonyl (C=O) groups is 2. The average molecular weight is 397 g/mol. The van der Waals surface area contributed by atoms with Crippen molar-refractivity contribution in [3.05, 3.63) is 47.3 Å². The molecule has 8 heteroatoms. The van der Waals surface area contributed by atoms with E-state index in [1.165, 1.54) is 11.3 Å². The van der Waals surface area contributed by atoms with Gasteiger partial charge in [0.05, 0.1) is 9.88 Å². The van der Waals surface area contributed by atoms with Crippen LogP contribution in [0.2, 0.25) is 0 Å². The molecular weight excluding hydrogens is 372 g/mol. The summed E-state index contributed by atoms with van der Waals surface area (Å²) in [7, 11) is 0. The Morgan fingerprint density at radius 3 is 2.50 bits per heavy atom. The van der Waals surface area contributed by atoms with Gasteiger partial charge in [-0.2, -0.15) is 0 Å². The molecule has 0 aliphatic rings. The van der Waals surface area contributed by atoms with Crippen LogP contribution in [-0.2, 0) is 0 Å². The number of rotatable bonds is 8. The first-order chi connectivity index (χ1) is 12.1. The SMILES string of the molecule is CCCCC(CN)NC(=O)c1ccc(NC(=O)Nc2ccccc2)s1.Cl. The Bertz CT molecular complexity index is 694. The summed E-state index contributed by atoms with van der Waals surface area (Å²) in [4.78, 5) is 24.8. The molecule has 26 heavy (non-hydrogen) atoms. The molecule has 5 N–H and O–H groups in total. The molecule has 0 spiro atoms. The van der Waals surface area contributed by atoms with Gasteiger partial charge in [0.2, 0.25) is 0 Å². The third-order valence-electron chi connectivity index (χ3n) is 3.62. The molecule has 6 nitrogen and oxygen atoms in total. The number of unbranched alkanes of at least 4 members (excludes halogenated alkanes) is 1. The summed E-state index contributed by atoms with van der Waals surface area (Å²) in [6.07, 6.45) is 2.96. The minimum atomic E-state index is -0.345. The third-order valence-corrected chi connectivity index (χ3v) is 4.62. The van der Waals surface area contributed by atoms with Gasteiger partial charge in [-0.25, -0.2) is 4.79 Å². The van der Waals surface area contributed by atoms with E-state index >= 15 is 0 Å². The van der Waals surface area contributed by atoms with Gasteiger partial charge in [-0.3, -0.25) is 10.1 Å². The zero-order chi connectivity index (χ0) is 18.1. The van der Waals surface area contributed by atoms with E-state index in [-0.39, 0.29) is 30.4 Å². The minimum Gasteiger partial charge on any atom is -0.347 e. The monoisotopic (exact) mass is 396 g/mol. The third kappa shape index (κ3) is 7.03. The van der Waals surface area contributed by atoms with Crippen LogP contribution in [0.25, 0.3) is 0 Å². The summed E-state index contributed by atoms with van der Waals surface area (Å²) < 4.78 is 0. The van der Waals surface area contributed by atoms with Gasteiger partial charge in [0.25, 0.3) is 5.91 Å². The first-order valence-electron chi connectivity index (χ1n) is 8.36. The normalized spacial score (nSPS) is 11.2. The number of hydrogen-bond donors (Lipinski definition) is 4. The van der Waals surface area contributed by atoms with E-state index in [4.69, 9.17) is 5.73 Å². The van der Waals surface area contributed by atoms with Crippen molar-refractivity contribution in [1.82, 2.24) is 5.32 Å². The number of benzene rings is 1. The van der Waals surface area contributed by atoms with Crippen molar-refractivity contribution in [3.63, 3.8) is 0 Å². The van der Waals surface area contributed by atoms with Crippen LogP contribution in [0.3, 0.4) is 0 Å². The van der Waals surface area contributed by atoms with Gasteiger partial charge >= 0.3 is 6.03 Å². The summed E-state index contributed by atoms with van der Waals surface area (Å²) in [5.74, 6) is -0.159. The van der Waals surface area contributed by atoms with Crippen molar-refractivity contribution in [2.24, 2.45) is 5.73 Å². The number of thiophene rings is 1. The number of urea groups is 1. The van der Waals surface area contributed by atoms with Crippen molar-refractivity contribution in [2.45, 2.75) is 32.2 Å². The number of nitrogens with one attached hydrogen (secondary N) is 3. The zero-order valence-corrected chi connectivity index (χ0v) is 16.3. The van der Waals surface area contributed by atoms with Crippen LogP contribution in [-0.4, -0.2) is 24.5 Å². The molecule has 2 rings (SSSR count). The van der Waals surface area contributed by atoms with Crippen molar-refractivity contribution >= 4 is 46.4 Å².